The summed E-state index contributed by atoms with van der Waals surface area (Å²) in [4.78, 5) is 6.91. The molecule has 1 saturated heterocycles. The molecule has 1 fully saturated rings. The first-order valence-electron chi connectivity index (χ1n) is 9.72. The van der Waals surface area contributed by atoms with E-state index in [-0.39, 0.29) is 18.1 Å². The standard InChI is InChI=1S/C23H26N4S/c1-15(2)27-22(21(25-23(27)28)19-8-5-6-12-24-19)20-9-7-13-26(20)18-11-10-16(3)17(4)14-18/h5-15,21-22H,1-4H3,(H,25,28)/t21-,22-/m0/s1. The predicted molar refractivity (Wildman–Crippen MR) is 118 cm³/mol. The van der Waals surface area contributed by atoms with Crippen LogP contribution in [0.1, 0.15) is 48.4 Å². The smallest absolute Gasteiger partial charge is 0.170 e. The van der Waals surface area contributed by atoms with Gasteiger partial charge in [-0.1, -0.05) is 12.1 Å². The number of nitrogens with one attached hydrogen (secondary N) is 1. The molecule has 0 bridgehead atoms. The molecule has 5 heteroatoms. The number of thiocarbonyl (C=S) groups is 1. The minimum atomic E-state index is 0.0105. The first-order chi connectivity index (χ1) is 13.5. The predicted octanol–water partition coefficient (Wildman–Crippen LogP) is 4.87. The van der Waals surface area contributed by atoms with E-state index in [0.717, 1.165) is 10.8 Å². The highest BCUT2D eigenvalue weighted by Gasteiger charge is 2.42. The van der Waals surface area contributed by atoms with Gasteiger partial charge >= 0.3 is 0 Å². The fourth-order valence-electron chi connectivity index (χ4n) is 3.98. The van der Waals surface area contributed by atoms with Crippen LogP contribution in [0, 0.1) is 13.8 Å². The van der Waals surface area contributed by atoms with Crippen LogP contribution in [0.3, 0.4) is 0 Å². The maximum Gasteiger partial charge on any atom is 0.170 e. The van der Waals surface area contributed by atoms with Crippen molar-refractivity contribution in [1.29, 1.82) is 0 Å². The lowest BCUT2D eigenvalue weighted by molar-refractivity contribution is 0.262. The van der Waals surface area contributed by atoms with Crippen LogP contribution >= 0.6 is 12.2 Å². The molecule has 0 unspecified atom stereocenters. The number of rotatable bonds is 4. The van der Waals surface area contributed by atoms with Crippen molar-refractivity contribution >= 4 is 17.3 Å². The Kier molecular flexibility index (Phi) is 4.94. The van der Waals surface area contributed by atoms with Gasteiger partial charge in [-0.2, -0.15) is 0 Å². The van der Waals surface area contributed by atoms with E-state index < -0.39 is 0 Å². The summed E-state index contributed by atoms with van der Waals surface area (Å²) in [6, 6.07) is 17.3. The van der Waals surface area contributed by atoms with Crippen LogP contribution in [0.15, 0.2) is 60.9 Å². The molecule has 4 rings (SSSR count). The van der Waals surface area contributed by atoms with Crippen molar-refractivity contribution in [3.8, 4) is 5.69 Å². The molecule has 2 atom stereocenters. The summed E-state index contributed by atoms with van der Waals surface area (Å²) in [7, 11) is 0. The zero-order valence-corrected chi connectivity index (χ0v) is 17.6. The van der Waals surface area contributed by atoms with Crippen molar-refractivity contribution in [2.45, 2.75) is 45.8 Å². The van der Waals surface area contributed by atoms with Crippen LogP contribution in [-0.2, 0) is 0 Å². The molecular formula is C23H26N4S. The molecule has 0 amide bonds. The second-order valence-corrected chi connectivity index (χ2v) is 8.09. The van der Waals surface area contributed by atoms with E-state index in [1.807, 2.05) is 18.3 Å². The molecule has 0 radical (unpaired) electrons. The van der Waals surface area contributed by atoms with Gasteiger partial charge in [0.2, 0.25) is 0 Å². The highest BCUT2D eigenvalue weighted by atomic mass is 32.1. The third-order valence-corrected chi connectivity index (χ3v) is 5.87. The molecule has 1 aromatic carbocycles. The molecule has 144 valence electrons. The van der Waals surface area contributed by atoms with Crippen molar-refractivity contribution < 1.29 is 0 Å². The largest absolute Gasteiger partial charge is 0.352 e. The van der Waals surface area contributed by atoms with Crippen LogP contribution in [-0.4, -0.2) is 25.6 Å². The fourth-order valence-corrected chi connectivity index (χ4v) is 4.44. The van der Waals surface area contributed by atoms with Crippen LogP contribution < -0.4 is 5.32 Å². The Morgan fingerprint density at radius 2 is 1.86 bits per heavy atom. The number of aryl methyl sites for hydroxylation is 2. The van der Waals surface area contributed by atoms with Gasteiger partial charge in [0.25, 0.3) is 0 Å². The van der Waals surface area contributed by atoms with E-state index in [0.29, 0.717) is 0 Å². The first kappa shape index (κ1) is 18.7. The summed E-state index contributed by atoms with van der Waals surface area (Å²) in [5.41, 5.74) is 5.98. The van der Waals surface area contributed by atoms with Crippen molar-refractivity contribution in [1.82, 2.24) is 19.8 Å². The second kappa shape index (κ2) is 7.40. The van der Waals surface area contributed by atoms with Crippen molar-refractivity contribution in [3.05, 3.63) is 83.4 Å². The average molecular weight is 391 g/mol. The number of aromatic nitrogens is 2. The molecular weight excluding hydrogens is 364 g/mol. The Balaban J connectivity index is 1.84. The van der Waals surface area contributed by atoms with Gasteiger partial charge in [0.1, 0.15) is 0 Å². The molecule has 3 aromatic rings. The average Bonchev–Trinajstić information content (AvgIpc) is 3.28. The van der Waals surface area contributed by atoms with Gasteiger partial charge in [-0.25, -0.2) is 0 Å². The van der Waals surface area contributed by atoms with Crippen molar-refractivity contribution in [2.24, 2.45) is 0 Å². The van der Waals surface area contributed by atoms with Crippen LogP contribution in [0.4, 0.5) is 0 Å². The van der Waals surface area contributed by atoms with E-state index in [9.17, 15) is 0 Å². The highest BCUT2D eigenvalue weighted by Crippen LogP contribution is 2.40. The molecule has 28 heavy (non-hydrogen) atoms. The summed E-state index contributed by atoms with van der Waals surface area (Å²) in [6.07, 6.45) is 3.98. The second-order valence-electron chi connectivity index (χ2n) is 7.70. The summed E-state index contributed by atoms with van der Waals surface area (Å²) in [5.74, 6) is 0. The maximum atomic E-state index is 5.72. The minimum absolute atomic E-state index is 0.0105. The zero-order chi connectivity index (χ0) is 19.8. The molecule has 1 aliphatic heterocycles. The third kappa shape index (κ3) is 3.20. The number of hydrogen-bond donors (Lipinski definition) is 1. The van der Waals surface area contributed by atoms with Gasteiger partial charge in [-0.05, 0) is 87.4 Å². The monoisotopic (exact) mass is 390 g/mol. The van der Waals surface area contributed by atoms with Crippen molar-refractivity contribution in [3.63, 3.8) is 0 Å². The summed E-state index contributed by atoms with van der Waals surface area (Å²) in [5, 5.41) is 4.30. The highest BCUT2D eigenvalue weighted by molar-refractivity contribution is 7.80. The Morgan fingerprint density at radius 1 is 1.04 bits per heavy atom. The van der Waals surface area contributed by atoms with Crippen molar-refractivity contribution in [2.75, 3.05) is 0 Å². The van der Waals surface area contributed by atoms with Gasteiger partial charge in [0, 0.05) is 29.8 Å². The Bertz CT molecular complexity index is 993. The van der Waals surface area contributed by atoms with E-state index in [1.165, 1.54) is 22.5 Å². The van der Waals surface area contributed by atoms with Crippen LogP contribution in [0.2, 0.25) is 0 Å². The molecule has 0 spiro atoms. The van der Waals surface area contributed by atoms with Gasteiger partial charge < -0.3 is 14.8 Å². The molecule has 1 N–H and O–H groups in total. The van der Waals surface area contributed by atoms with E-state index >= 15 is 0 Å². The minimum Gasteiger partial charge on any atom is -0.352 e. The molecule has 2 aromatic heterocycles. The molecule has 0 saturated carbocycles. The van der Waals surface area contributed by atoms with Gasteiger partial charge in [0.15, 0.2) is 5.11 Å². The topological polar surface area (TPSA) is 33.1 Å². The van der Waals surface area contributed by atoms with Crippen LogP contribution in [0.5, 0.6) is 0 Å². The first-order valence-corrected chi connectivity index (χ1v) is 10.1. The lowest BCUT2D eigenvalue weighted by atomic mass is 10.00. The maximum absolute atomic E-state index is 5.72. The molecule has 4 nitrogen and oxygen atoms in total. The van der Waals surface area contributed by atoms with Crippen LogP contribution in [0.25, 0.3) is 5.69 Å². The normalized spacial score (nSPS) is 19.3. The summed E-state index contributed by atoms with van der Waals surface area (Å²) in [6.45, 7) is 8.67. The number of nitrogens with zero attached hydrogens (tertiary/aromatic N) is 3. The lowest BCUT2D eigenvalue weighted by Crippen LogP contribution is -2.36. The van der Waals surface area contributed by atoms with E-state index in [4.69, 9.17) is 12.2 Å². The number of pyridine rings is 1. The lowest BCUT2D eigenvalue weighted by Gasteiger charge is -2.31. The number of hydrogen-bond acceptors (Lipinski definition) is 2. The SMILES string of the molecule is Cc1ccc(-n2cccc2[C@H]2[C@H](c3ccccn3)NC(=S)N2C(C)C)cc1C. The molecule has 1 aliphatic rings. The Morgan fingerprint density at radius 3 is 2.54 bits per heavy atom. The summed E-state index contributed by atoms with van der Waals surface area (Å²) >= 11 is 5.72. The number of benzene rings is 1. The van der Waals surface area contributed by atoms with Gasteiger partial charge in [-0.15, -0.1) is 0 Å². The third-order valence-electron chi connectivity index (χ3n) is 5.54. The Labute approximate surface area is 172 Å². The molecule has 3 heterocycles. The van der Waals surface area contributed by atoms with Gasteiger partial charge in [0.05, 0.1) is 17.8 Å². The fraction of sp³-hybridized carbons (Fsp3) is 0.304. The quantitative estimate of drug-likeness (QED) is 0.644. The van der Waals surface area contributed by atoms with E-state index in [1.54, 1.807) is 0 Å². The van der Waals surface area contributed by atoms with Gasteiger partial charge in [-0.3, -0.25) is 4.98 Å². The molecule has 0 aliphatic carbocycles. The summed E-state index contributed by atoms with van der Waals surface area (Å²) < 4.78 is 2.28. The van der Waals surface area contributed by atoms with E-state index in [2.05, 4.69) is 90.1 Å². The Hall–Kier alpha value is -2.66. The zero-order valence-electron chi connectivity index (χ0n) is 16.8.